The highest BCUT2D eigenvalue weighted by Crippen LogP contribution is 2.33. The maximum atomic E-state index is 11.6. The van der Waals surface area contributed by atoms with Gasteiger partial charge in [-0.25, -0.2) is 4.79 Å². The molecule has 0 amide bonds. The van der Waals surface area contributed by atoms with Crippen molar-refractivity contribution in [2.75, 3.05) is 7.11 Å². The third kappa shape index (κ3) is 3.03. The molecule has 4 heteroatoms. The number of rotatable bonds is 4. The van der Waals surface area contributed by atoms with Gasteiger partial charge in [0.1, 0.15) is 0 Å². The number of methoxy groups -OCH3 is 1. The van der Waals surface area contributed by atoms with Crippen LogP contribution >= 0.6 is 11.3 Å². The minimum Gasteiger partial charge on any atom is -0.467 e. The quantitative estimate of drug-likeness (QED) is 0.873. The lowest BCUT2D eigenvalue weighted by Crippen LogP contribution is -2.29. The van der Waals surface area contributed by atoms with Gasteiger partial charge in [-0.05, 0) is 24.6 Å². The predicted molar refractivity (Wildman–Crippen MR) is 75.4 cm³/mol. The maximum absolute atomic E-state index is 11.6. The van der Waals surface area contributed by atoms with Crippen LogP contribution in [0.25, 0.3) is 0 Å². The lowest BCUT2D eigenvalue weighted by atomic mass is 9.92. The highest BCUT2D eigenvalue weighted by molar-refractivity contribution is 7.12. The Morgan fingerprint density at radius 2 is 1.89 bits per heavy atom. The van der Waals surface area contributed by atoms with E-state index in [1.165, 1.54) is 7.11 Å². The second-order valence-electron chi connectivity index (χ2n) is 4.30. The molecule has 2 atom stereocenters. The summed E-state index contributed by atoms with van der Waals surface area (Å²) in [6.07, 6.45) is -1.19. The molecule has 1 N–H and O–H groups in total. The number of hydrogen-bond donors (Lipinski definition) is 1. The number of carbonyl (C=O) groups excluding carboxylic acids is 1. The minimum absolute atomic E-state index is 0.382. The Bertz CT molecular complexity index is 548. The van der Waals surface area contributed by atoms with Gasteiger partial charge in [-0.1, -0.05) is 30.3 Å². The van der Waals surface area contributed by atoms with Crippen molar-refractivity contribution in [3.05, 3.63) is 57.8 Å². The molecule has 0 aliphatic carbocycles. The molecule has 0 spiro atoms. The van der Waals surface area contributed by atoms with Crippen molar-refractivity contribution in [3.63, 3.8) is 0 Å². The number of aryl methyl sites for hydroxylation is 1. The Hall–Kier alpha value is -1.65. The molecule has 1 aromatic heterocycles. The van der Waals surface area contributed by atoms with E-state index in [1.807, 2.05) is 49.4 Å². The van der Waals surface area contributed by atoms with Crippen molar-refractivity contribution in [1.82, 2.24) is 0 Å². The van der Waals surface area contributed by atoms with E-state index >= 15 is 0 Å². The Kier molecular flexibility index (Phi) is 4.35. The van der Waals surface area contributed by atoms with Crippen molar-refractivity contribution in [2.45, 2.75) is 18.9 Å². The van der Waals surface area contributed by atoms with E-state index in [1.54, 1.807) is 11.3 Å². The van der Waals surface area contributed by atoms with Crippen molar-refractivity contribution in [1.29, 1.82) is 0 Å². The van der Waals surface area contributed by atoms with Gasteiger partial charge < -0.3 is 9.84 Å². The second-order valence-corrected chi connectivity index (χ2v) is 5.62. The molecule has 100 valence electrons. The van der Waals surface area contributed by atoms with Crippen LogP contribution in [0.3, 0.4) is 0 Å². The first-order valence-corrected chi connectivity index (χ1v) is 6.82. The molecule has 0 saturated carbocycles. The van der Waals surface area contributed by atoms with Gasteiger partial charge in [0, 0.05) is 9.75 Å². The van der Waals surface area contributed by atoms with E-state index in [0.29, 0.717) is 0 Å². The number of aliphatic hydroxyl groups is 1. The molecule has 0 aliphatic heterocycles. The predicted octanol–water partition coefficient (Wildman–Crippen LogP) is 2.72. The summed E-state index contributed by atoms with van der Waals surface area (Å²) in [5.74, 6) is -0.993. The summed E-state index contributed by atoms with van der Waals surface area (Å²) in [6, 6.07) is 13.5. The van der Waals surface area contributed by atoms with Gasteiger partial charge in [-0.2, -0.15) is 0 Å². The molecular weight excluding hydrogens is 260 g/mol. The van der Waals surface area contributed by atoms with Crippen LogP contribution in [0.1, 0.15) is 21.2 Å². The molecule has 19 heavy (non-hydrogen) atoms. The van der Waals surface area contributed by atoms with Gasteiger partial charge in [-0.15, -0.1) is 11.3 Å². The van der Waals surface area contributed by atoms with Crippen LogP contribution in [0.15, 0.2) is 42.5 Å². The highest BCUT2D eigenvalue weighted by atomic mass is 32.1. The smallest absolute Gasteiger partial charge is 0.335 e. The average Bonchev–Trinajstić information content (AvgIpc) is 2.85. The highest BCUT2D eigenvalue weighted by Gasteiger charge is 2.30. The maximum Gasteiger partial charge on any atom is 0.335 e. The van der Waals surface area contributed by atoms with E-state index in [9.17, 15) is 9.90 Å². The van der Waals surface area contributed by atoms with Crippen LogP contribution in [0, 0.1) is 6.92 Å². The first kappa shape index (κ1) is 13.8. The number of hydrogen-bond acceptors (Lipinski definition) is 4. The zero-order valence-electron chi connectivity index (χ0n) is 10.9. The van der Waals surface area contributed by atoms with Crippen LogP contribution in [-0.4, -0.2) is 24.3 Å². The first-order chi connectivity index (χ1) is 9.13. The Morgan fingerprint density at radius 3 is 2.42 bits per heavy atom. The summed E-state index contributed by atoms with van der Waals surface area (Å²) in [6.45, 7) is 2.00. The van der Waals surface area contributed by atoms with Gasteiger partial charge in [-0.3, -0.25) is 0 Å². The Labute approximate surface area is 116 Å². The van der Waals surface area contributed by atoms with Gasteiger partial charge >= 0.3 is 5.97 Å². The first-order valence-electron chi connectivity index (χ1n) is 6.00. The molecular formula is C15H16O3S. The van der Waals surface area contributed by atoms with Gasteiger partial charge in [0.15, 0.2) is 6.10 Å². The fourth-order valence-electron chi connectivity index (χ4n) is 2.04. The van der Waals surface area contributed by atoms with E-state index in [0.717, 1.165) is 15.3 Å². The molecule has 2 rings (SSSR count). The number of carbonyl (C=O) groups is 1. The van der Waals surface area contributed by atoms with Crippen molar-refractivity contribution >= 4 is 17.3 Å². The van der Waals surface area contributed by atoms with Crippen LogP contribution in [0.4, 0.5) is 0 Å². The summed E-state index contributed by atoms with van der Waals surface area (Å²) in [4.78, 5) is 13.7. The molecule has 1 heterocycles. The summed E-state index contributed by atoms with van der Waals surface area (Å²) in [5.41, 5.74) is 0.905. The minimum atomic E-state index is -1.19. The summed E-state index contributed by atoms with van der Waals surface area (Å²) in [5, 5.41) is 10.2. The number of ether oxygens (including phenoxy) is 1. The zero-order valence-corrected chi connectivity index (χ0v) is 11.7. The molecule has 3 nitrogen and oxygen atoms in total. The van der Waals surface area contributed by atoms with E-state index in [2.05, 4.69) is 4.74 Å². The fraction of sp³-hybridized carbons (Fsp3) is 0.267. The number of thiophene rings is 1. The molecule has 0 radical (unpaired) electrons. The molecule has 0 aliphatic rings. The summed E-state index contributed by atoms with van der Waals surface area (Å²) in [7, 11) is 1.28. The van der Waals surface area contributed by atoms with Crippen LogP contribution in [-0.2, 0) is 9.53 Å². The van der Waals surface area contributed by atoms with Crippen molar-refractivity contribution < 1.29 is 14.6 Å². The third-order valence-corrected chi connectivity index (χ3v) is 4.07. The summed E-state index contributed by atoms with van der Waals surface area (Å²) >= 11 is 1.58. The molecule has 0 saturated heterocycles. The van der Waals surface area contributed by atoms with E-state index in [4.69, 9.17) is 0 Å². The van der Waals surface area contributed by atoms with Crippen LogP contribution < -0.4 is 0 Å². The Morgan fingerprint density at radius 1 is 1.21 bits per heavy atom. The zero-order chi connectivity index (χ0) is 13.8. The molecule has 2 aromatic rings. The average molecular weight is 276 g/mol. The van der Waals surface area contributed by atoms with Crippen LogP contribution in [0.2, 0.25) is 0 Å². The number of esters is 1. The summed E-state index contributed by atoms with van der Waals surface area (Å²) < 4.78 is 4.66. The lowest BCUT2D eigenvalue weighted by Gasteiger charge is -2.20. The standard InChI is InChI=1S/C15H16O3S/c1-10-8-9-12(19-10)13(14(16)15(17)18-2)11-6-4-3-5-7-11/h3-9,13-14,16H,1-2H3/t13-,14-/m0/s1. The van der Waals surface area contributed by atoms with Crippen molar-refractivity contribution in [2.24, 2.45) is 0 Å². The normalized spacial score (nSPS) is 13.8. The SMILES string of the molecule is COC(=O)[C@@H](O)[C@@H](c1ccccc1)c1ccc(C)s1. The van der Waals surface area contributed by atoms with Crippen LogP contribution in [0.5, 0.6) is 0 Å². The van der Waals surface area contributed by atoms with E-state index in [-0.39, 0.29) is 5.92 Å². The van der Waals surface area contributed by atoms with Gasteiger partial charge in [0.2, 0.25) is 0 Å². The molecule has 0 unspecified atom stereocenters. The van der Waals surface area contributed by atoms with Gasteiger partial charge in [0.05, 0.1) is 13.0 Å². The van der Waals surface area contributed by atoms with Gasteiger partial charge in [0.25, 0.3) is 0 Å². The fourth-order valence-corrected chi connectivity index (χ4v) is 3.08. The van der Waals surface area contributed by atoms with Crippen molar-refractivity contribution in [3.8, 4) is 0 Å². The molecule has 0 bridgehead atoms. The lowest BCUT2D eigenvalue weighted by molar-refractivity contribution is -0.151. The Balaban J connectivity index is 2.42. The second kappa shape index (κ2) is 5.99. The largest absolute Gasteiger partial charge is 0.467 e. The topological polar surface area (TPSA) is 46.5 Å². The number of aliphatic hydroxyl groups excluding tert-OH is 1. The molecule has 0 fully saturated rings. The van der Waals surface area contributed by atoms with E-state index < -0.39 is 12.1 Å². The third-order valence-electron chi connectivity index (χ3n) is 2.98. The number of benzene rings is 1. The molecule has 1 aromatic carbocycles. The monoisotopic (exact) mass is 276 g/mol.